The molecule has 0 spiro atoms. The second kappa shape index (κ2) is 5.10. The van der Waals surface area contributed by atoms with Crippen LogP contribution in [0.5, 0.6) is 0 Å². The van der Waals surface area contributed by atoms with Crippen molar-refractivity contribution in [1.29, 1.82) is 0 Å². The molecule has 108 valence electrons. The number of hydrogen-bond donors (Lipinski definition) is 1. The van der Waals surface area contributed by atoms with E-state index in [2.05, 4.69) is 15.2 Å². The van der Waals surface area contributed by atoms with Crippen LogP contribution < -0.4 is 0 Å². The number of hydrogen-bond acceptors (Lipinski definition) is 5. The van der Waals surface area contributed by atoms with Crippen molar-refractivity contribution in [2.24, 2.45) is 0 Å². The molecule has 0 aromatic carbocycles. The molecule has 1 saturated heterocycles. The molecule has 1 atom stereocenters. The third kappa shape index (κ3) is 2.37. The van der Waals surface area contributed by atoms with Gasteiger partial charge in [-0.2, -0.15) is 9.40 Å². The predicted octanol–water partition coefficient (Wildman–Crippen LogP) is 2.35. The van der Waals surface area contributed by atoms with Gasteiger partial charge in [0.25, 0.3) is 10.0 Å². The van der Waals surface area contributed by atoms with Crippen molar-refractivity contribution in [3.05, 3.63) is 28.1 Å². The number of thiophene rings is 1. The lowest BCUT2D eigenvalue weighted by Crippen LogP contribution is -2.30. The minimum atomic E-state index is -3.53. The summed E-state index contributed by atoms with van der Waals surface area (Å²) in [4.78, 5) is 4.26. The molecular weight excluding hydrogens is 320 g/mol. The number of rotatable bonds is 3. The highest BCUT2D eigenvalue weighted by molar-refractivity contribution is 7.91. The van der Waals surface area contributed by atoms with Gasteiger partial charge in [-0.3, -0.25) is 5.10 Å². The van der Waals surface area contributed by atoms with Gasteiger partial charge < -0.3 is 0 Å². The van der Waals surface area contributed by atoms with Crippen LogP contribution in [0, 0.1) is 6.92 Å². The molecule has 2 aromatic heterocycles. The van der Waals surface area contributed by atoms with Crippen LogP contribution in [0.1, 0.15) is 30.5 Å². The molecule has 9 heteroatoms. The number of aryl methyl sites for hydroxylation is 1. The molecule has 2 aromatic rings. The topological polar surface area (TPSA) is 79.0 Å². The molecule has 0 saturated carbocycles. The van der Waals surface area contributed by atoms with E-state index in [9.17, 15) is 8.42 Å². The van der Waals surface area contributed by atoms with Crippen LogP contribution in [-0.4, -0.2) is 34.4 Å². The molecule has 0 unspecified atom stereocenters. The van der Waals surface area contributed by atoms with Crippen molar-refractivity contribution < 1.29 is 8.42 Å². The van der Waals surface area contributed by atoms with Crippen LogP contribution in [0.4, 0.5) is 0 Å². The lowest BCUT2D eigenvalue weighted by atomic mass is 10.2. The minimum Gasteiger partial charge on any atom is -0.263 e. The van der Waals surface area contributed by atoms with Gasteiger partial charge >= 0.3 is 0 Å². The first-order chi connectivity index (χ1) is 9.48. The van der Waals surface area contributed by atoms with Gasteiger partial charge in [-0.25, -0.2) is 13.4 Å². The van der Waals surface area contributed by atoms with Gasteiger partial charge in [0.2, 0.25) is 0 Å². The van der Waals surface area contributed by atoms with Gasteiger partial charge in [-0.15, -0.1) is 11.3 Å². The Hall–Kier alpha value is -0.960. The number of nitrogens with zero attached hydrogens (tertiary/aromatic N) is 3. The highest BCUT2D eigenvalue weighted by Crippen LogP contribution is 2.37. The summed E-state index contributed by atoms with van der Waals surface area (Å²) in [5.74, 6) is 1.22. The van der Waals surface area contributed by atoms with Crippen molar-refractivity contribution in [3.8, 4) is 0 Å². The van der Waals surface area contributed by atoms with Crippen molar-refractivity contribution in [2.45, 2.75) is 30.0 Å². The minimum absolute atomic E-state index is 0.265. The molecule has 1 aliphatic heterocycles. The number of sulfonamides is 1. The van der Waals surface area contributed by atoms with E-state index >= 15 is 0 Å². The fourth-order valence-electron chi connectivity index (χ4n) is 2.35. The molecular formula is C11H13ClN4O2S2. The molecule has 0 bridgehead atoms. The van der Waals surface area contributed by atoms with Crippen molar-refractivity contribution in [1.82, 2.24) is 19.5 Å². The molecule has 6 nitrogen and oxygen atoms in total. The third-order valence-electron chi connectivity index (χ3n) is 3.23. The summed E-state index contributed by atoms with van der Waals surface area (Å²) < 4.78 is 27.5. The summed E-state index contributed by atoms with van der Waals surface area (Å²) in [7, 11) is -3.53. The normalized spacial score (nSPS) is 20.6. The van der Waals surface area contributed by atoms with Crippen molar-refractivity contribution >= 4 is 33.0 Å². The molecule has 0 amide bonds. The maximum atomic E-state index is 12.7. The highest BCUT2D eigenvalue weighted by atomic mass is 35.5. The summed E-state index contributed by atoms with van der Waals surface area (Å²) >= 11 is 6.91. The van der Waals surface area contributed by atoms with Crippen LogP contribution >= 0.6 is 22.9 Å². The molecule has 0 aliphatic carbocycles. The van der Waals surface area contributed by atoms with Gasteiger partial charge in [0.15, 0.2) is 5.82 Å². The zero-order valence-electron chi connectivity index (χ0n) is 10.7. The second-order valence-electron chi connectivity index (χ2n) is 4.61. The summed E-state index contributed by atoms with van der Waals surface area (Å²) in [5, 5.41) is 6.86. The monoisotopic (exact) mass is 332 g/mol. The molecule has 3 heterocycles. The van der Waals surface area contributed by atoms with Gasteiger partial charge in [0.1, 0.15) is 10.0 Å². The number of H-pyrrole nitrogens is 1. The summed E-state index contributed by atoms with van der Waals surface area (Å²) in [6.07, 6.45) is 1.53. The SMILES string of the molecule is Cc1nc([C@@H]2CCCN2S(=O)(=O)c2ccc(Cl)s2)n[nH]1. The van der Waals surface area contributed by atoms with E-state index < -0.39 is 10.0 Å². The van der Waals surface area contributed by atoms with Gasteiger partial charge in [0.05, 0.1) is 10.4 Å². The van der Waals surface area contributed by atoms with E-state index in [1.807, 2.05) is 0 Å². The van der Waals surface area contributed by atoms with Crippen LogP contribution in [0.2, 0.25) is 4.34 Å². The molecule has 1 aliphatic rings. The second-order valence-corrected chi connectivity index (χ2v) is 8.44. The molecule has 0 radical (unpaired) electrons. The maximum absolute atomic E-state index is 12.7. The van der Waals surface area contributed by atoms with Gasteiger partial charge in [-0.05, 0) is 31.9 Å². The highest BCUT2D eigenvalue weighted by Gasteiger charge is 2.38. The Morgan fingerprint density at radius 2 is 2.30 bits per heavy atom. The Morgan fingerprint density at radius 3 is 2.90 bits per heavy atom. The Labute approximate surface area is 125 Å². The largest absolute Gasteiger partial charge is 0.263 e. The quantitative estimate of drug-likeness (QED) is 0.935. The number of aromatic amines is 1. The smallest absolute Gasteiger partial charge is 0.253 e. The van der Waals surface area contributed by atoms with Crippen LogP contribution in [-0.2, 0) is 10.0 Å². The Balaban J connectivity index is 1.96. The first kappa shape index (κ1) is 14.0. The van der Waals surface area contributed by atoms with E-state index in [4.69, 9.17) is 11.6 Å². The fourth-order valence-corrected chi connectivity index (χ4v) is 5.61. The fraction of sp³-hybridized carbons (Fsp3) is 0.455. The Bertz CT molecular complexity index is 724. The Morgan fingerprint density at radius 1 is 1.50 bits per heavy atom. The van der Waals surface area contributed by atoms with Crippen LogP contribution in [0.25, 0.3) is 0 Å². The average Bonchev–Trinajstić information content (AvgIpc) is 3.07. The zero-order valence-corrected chi connectivity index (χ0v) is 13.1. The van der Waals surface area contributed by atoms with Gasteiger partial charge in [-0.1, -0.05) is 11.6 Å². The third-order valence-corrected chi connectivity index (χ3v) is 6.83. The average molecular weight is 333 g/mol. The van der Waals surface area contributed by atoms with Crippen molar-refractivity contribution in [2.75, 3.05) is 6.54 Å². The number of nitrogens with one attached hydrogen (secondary N) is 1. The summed E-state index contributed by atoms with van der Waals surface area (Å²) in [6, 6.07) is 2.84. The first-order valence-corrected chi connectivity index (χ1v) is 8.78. The first-order valence-electron chi connectivity index (χ1n) is 6.14. The van der Waals surface area contributed by atoms with E-state index in [0.717, 1.165) is 24.2 Å². The van der Waals surface area contributed by atoms with Crippen LogP contribution in [0.3, 0.4) is 0 Å². The molecule has 1 N–H and O–H groups in total. The predicted molar refractivity (Wildman–Crippen MR) is 76.3 cm³/mol. The standard InChI is InChI=1S/C11H13ClN4O2S2/c1-7-13-11(15-14-7)8-3-2-6-16(8)20(17,18)10-5-4-9(12)19-10/h4-5,8H,2-3,6H2,1H3,(H,13,14,15)/t8-/m0/s1. The lowest BCUT2D eigenvalue weighted by Gasteiger charge is -2.20. The maximum Gasteiger partial charge on any atom is 0.253 e. The van der Waals surface area contributed by atoms with E-state index in [1.54, 1.807) is 19.1 Å². The van der Waals surface area contributed by atoms with E-state index in [-0.39, 0.29) is 10.3 Å². The number of aromatic nitrogens is 3. The number of halogens is 1. The molecule has 1 fully saturated rings. The molecule has 3 rings (SSSR count). The lowest BCUT2D eigenvalue weighted by molar-refractivity contribution is 0.385. The summed E-state index contributed by atoms with van der Waals surface area (Å²) in [6.45, 7) is 2.28. The van der Waals surface area contributed by atoms with Crippen molar-refractivity contribution in [3.63, 3.8) is 0 Å². The zero-order chi connectivity index (χ0) is 14.3. The summed E-state index contributed by atoms with van der Waals surface area (Å²) in [5.41, 5.74) is 0. The van der Waals surface area contributed by atoms with E-state index in [1.165, 1.54) is 4.31 Å². The van der Waals surface area contributed by atoms with Crippen LogP contribution in [0.15, 0.2) is 16.3 Å². The van der Waals surface area contributed by atoms with Gasteiger partial charge in [0, 0.05) is 6.54 Å². The Kier molecular flexibility index (Phi) is 3.57. The van der Waals surface area contributed by atoms with E-state index in [0.29, 0.717) is 22.5 Å². The molecule has 20 heavy (non-hydrogen) atoms.